The van der Waals surface area contributed by atoms with E-state index in [2.05, 4.69) is 15.9 Å². The summed E-state index contributed by atoms with van der Waals surface area (Å²) in [7, 11) is 0. The lowest BCUT2D eigenvalue weighted by atomic mass is 10.3. The number of aliphatic hydroxyl groups is 1. The topological polar surface area (TPSA) is 24.1 Å². The second-order valence-corrected chi connectivity index (χ2v) is 3.45. The monoisotopic (exact) mass is 230 g/mol. The van der Waals surface area contributed by atoms with Gasteiger partial charge in [0.2, 0.25) is 0 Å². The number of aromatic nitrogens is 1. The van der Waals surface area contributed by atoms with Gasteiger partial charge < -0.3 is 5.11 Å². The first-order chi connectivity index (χ1) is 5.74. The first kappa shape index (κ1) is 9.68. The van der Waals surface area contributed by atoms with Crippen LogP contribution in [-0.4, -0.2) is 16.5 Å². The van der Waals surface area contributed by atoms with Gasteiger partial charge in [-0.1, -0.05) is 22.0 Å². The summed E-state index contributed by atoms with van der Waals surface area (Å²) in [6.45, 7) is 2.68. The van der Waals surface area contributed by atoms with Gasteiger partial charge >= 0.3 is 0 Å². The molecule has 0 aliphatic carbocycles. The Hall–Kier alpha value is -0.410. The van der Waals surface area contributed by atoms with Gasteiger partial charge in [-0.3, -0.25) is 0 Å². The van der Waals surface area contributed by atoms with Crippen molar-refractivity contribution in [2.24, 2.45) is 0 Å². The van der Waals surface area contributed by atoms with Gasteiger partial charge in [0.15, 0.2) is 18.4 Å². The van der Waals surface area contributed by atoms with Crippen molar-refractivity contribution in [3.63, 3.8) is 0 Å². The summed E-state index contributed by atoms with van der Waals surface area (Å²) in [5.74, 6) is 0. The molecule has 12 heavy (non-hydrogen) atoms. The van der Waals surface area contributed by atoms with Crippen molar-refractivity contribution in [1.82, 2.24) is 0 Å². The highest BCUT2D eigenvalue weighted by atomic mass is 79.9. The van der Waals surface area contributed by atoms with E-state index in [1.807, 2.05) is 35.9 Å². The summed E-state index contributed by atoms with van der Waals surface area (Å²) >= 11 is 3.23. The molecule has 1 aromatic heterocycles. The third kappa shape index (κ3) is 2.57. The molecule has 1 aromatic rings. The maximum absolute atomic E-state index is 9.37. The molecule has 0 saturated heterocycles. The summed E-state index contributed by atoms with van der Waals surface area (Å²) in [5.41, 5.74) is 1.16. The molecule has 1 N–H and O–H groups in total. The fourth-order valence-electron chi connectivity index (χ4n) is 1.04. The summed E-state index contributed by atoms with van der Waals surface area (Å²) in [5, 5.41) is 9.99. The second kappa shape index (κ2) is 4.58. The van der Waals surface area contributed by atoms with E-state index in [0.717, 1.165) is 5.69 Å². The Labute approximate surface area is 81.0 Å². The third-order valence-electron chi connectivity index (χ3n) is 1.75. The van der Waals surface area contributed by atoms with E-state index in [-0.39, 0.29) is 6.10 Å². The molecule has 1 unspecified atom stereocenters. The number of halogens is 1. The van der Waals surface area contributed by atoms with Crippen LogP contribution < -0.4 is 4.57 Å². The highest BCUT2D eigenvalue weighted by Gasteiger charge is 2.10. The SMILES string of the molecule is Cc1cccc[n+]1CC(O)CBr. The normalized spacial score (nSPS) is 12.9. The molecule has 0 aromatic carbocycles. The van der Waals surface area contributed by atoms with E-state index in [4.69, 9.17) is 0 Å². The number of aryl methyl sites for hydroxylation is 1. The minimum Gasteiger partial charge on any atom is -0.386 e. The van der Waals surface area contributed by atoms with Crippen LogP contribution in [0.25, 0.3) is 0 Å². The second-order valence-electron chi connectivity index (χ2n) is 2.80. The molecule has 66 valence electrons. The Morgan fingerprint density at radius 3 is 2.92 bits per heavy atom. The standard InChI is InChI=1S/C9H13BrNO/c1-8-4-2-3-5-11(8)7-9(12)6-10/h2-5,9,12H,6-7H2,1H3/q+1. The fraction of sp³-hybridized carbons (Fsp3) is 0.444. The van der Waals surface area contributed by atoms with Crippen molar-refractivity contribution in [2.75, 3.05) is 5.33 Å². The van der Waals surface area contributed by atoms with Gasteiger partial charge in [-0.2, -0.15) is 4.57 Å². The lowest BCUT2D eigenvalue weighted by molar-refractivity contribution is -0.708. The van der Waals surface area contributed by atoms with E-state index in [0.29, 0.717) is 11.9 Å². The highest BCUT2D eigenvalue weighted by Crippen LogP contribution is 1.93. The number of aliphatic hydroxyl groups excluding tert-OH is 1. The molecule has 0 saturated carbocycles. The van der Waals surface area contributed by atoms with E-state index in [1.165, 1.54) is 0 Å². The fourth-order valence-corrected chi connectivity index (χ4v) is 1.25. The average Bonchev–Trinajstić information content (AvgIpc) is 2.09. The lowest BCUT2D eigenvalue weighted by Gasteiger charge is -2.03. The molecule has 0 radical (unpaired) electrons. The molecule has 0 spiro atoms. The molecule has 3 heteroatoms. The van der Waals surface area contributed by atoms with Crippen LogP contribution in [0, 0.1) is 6.92 Å². The van der Waals surface area contributed by atoms with Crippen molar-refractivity contribution in [1.29, 1.82) is 0 Å². The van der Waals surface area contributed by atoms with Crippen LogP contribution >= 0.6 is 15.9 Å². The Kier molecular flexibility index (Phi) is 3.69. The van der Waals surface area contributed by atoms with Crippen LogP contribution in [0.4, 0.5) is 0 Å². The van der Waals surface area contributed by atoms with Crippen molar-refractivity contribution in [3.05, 3.63) is 30.1 Å². The number of rotatable bonds is 3. The zero-order valence-electron chi connectivity index (χ0n) is 7.07. The van der Waals surface area contributed by atoms with Crippen molar-refractivity contribution in [3.8, 4) is 0 Å². The smallest absolute Gasteiger partial charge is 0.178 e. The van der Waals surface area contributed by atoms with Crippen LogP contribution in [-0.2, 0) is 6.54 Å². The minimum atomic E-state index is -0.309. The molecule has 0 amide bonds. The van der Waals surface area contributed by atoms with Crippen LogP contribution in [0.1, 0.15) is 5.69 Å². The van der Waals surface area contributed by atoms with E-state index < -0.39 is 0 Å². The van der Waals surface area contributed by atoms with Crippen molar-refractivity contribution >= 4 is 15.9 Å². The van der Waals surface area contributed by atoms with E-state index in [1.54, 1.807) is 0 Å². The quantitative estimate of drug-likeness (QED) is 0.610. The Morgan fingerprint density at radius 1 is 1.58 bits per heavy atom. The molecule has 1 heterocycles. The predicted octanol–water partition coefficient (Wildman–Crippen LogP) is 1.04. The van der Waals surface area contributed by atoms with Gasteiger partial charge in [-0.15, -0.1) is 0 Å². The maximum atomic E-state index is 9.37. The van der Waals surface area contributed by atoms with Gasteiger partial charge in [-0.25, -0.2) is 0 Å². The Bertz CT molecular complexity index is 252. The Balaban J connectivity index is 2.69. The molecule has 1 atom stereocenters. The molecule has 1 rings (SSSR count). The molecular weight excluding hydrogens is 218 g/mol. The number of hydrogen-bond donors (Lipinski definition) is 1. The summed E-state index contributed by atoms with van der Waals surface area (Å²) in [4.78, 5) is 0. The number of hydrogen-bond acceptors (Lipinski definition) is 1. The van der Waals surface area contributed by atoms with Crippen LogP contribution in [0.15, 0.2) is 24.4 Å². The van der Waals surface area contributed by atoms with Gasteiger partial charge in [0.1, 0.15) is 6.10 Å². The predicted molar refractivity (Wildman–Crippen MR) is 51.2 cm³/mol. The molecule has 0 aliphatic heterocycles. The first-order valence-corrected chi connectivity index (χ1v) is 5.05. The number of nitrogens with zero attached hydrogens (tertiary/aromatic N) is 1. The number of pyridine rings is 1. The average molecular weight is 231 g/mol. The van der Waals surface area contributed by atoms with Crippen LogP contribution in [0.5, 0.6) is 0 Å². The maximum Gasteiger partial charge on any atom is 0.178 e. The van der Waals surface area contributed by atoms with Crippen molar-refractivity contribution < 1.29 is 9.67 Å². The molecule has 0 bridgehead atoms. The summed E-state index contributed by atoms with van der Waals surface area (Å²) in [6, 6.07) is 5.99. The molecule has 2 nitrogen and oxygen atoms in total. The van der Waals surface area contributed by atoms with E-state index >= 15 is 0 Å². The summed E-state index contributed by atoms with van der Waals surface area (Å²) < 4.78 is 2.03. The zero-order chi connectivity index (χ0) is 8.97. The van der Waals surface area contributed by atoms with Crippen LogP contribution in [0.3, 0.4) is 0 Å². The lowest BCUT2D eigenvalue weighted by Crippen LogP contribution is -2.42. The first-order valence-electron chi connectivity index (χ1n) is 3.93. The largest absolute Gasteiger partial charge is 0.386 e. The zero-order valence-corrected chi connectivity index (χ0v) is 8.66. The van der Waals surface area contributed by atoms with E-state index in [9.17, 15) is 5.11 Å². The van der Waals surface area contributed by atoms with Crippen molar-refractivity contribution in [2.45, 2.75) is 19.6 Å². The Morgan fingerprint density at radius 2 is 2.33 bits per heavy atom. The van der Waals surface area contributed by atoms with Gasteiger partial charge in [0, 0.05) is 24.4 Å². The molecule has 0 aliphatic rings. The van der Waals surface area contributed by atoms with Gasteiger partial charge in [0.25, 0.3) is 0 Å². The van der Waals surface area contributed by atoms with Crippen LogP contribution in [0.2, 0.25) is 0 Å². The van der Waals surface area contributed by atoms with Gasteiger partial charge in [-0.05, 0) is 0 Å². The number of alkyl halides is 1. The third-order valence-corrected chi connectivity index (χ3v) is 2.50. The highest BCUT2D eigenvalue weighted by molar-refractivity contribution is 9.09. The summed E-state index contributed by atoms with van der Waals surface area (Å²) in [6.07, 6.45) is 1.66. The molecular formula is C9H13BrNO+. The molecule has 0 fully saturated rings. The van der Waals surface area contributed by atoms with Gasteiger partial charge in [0.05, 0.1) is 0 Å². The minimum absolute atomic E-state index is 0.309.